The van der Waals surface area contributed by atoms with Gasteiger partial charge in [0.05, 0.1) is 17.7 Å². The van der Waals surface area contributed by atoms with Gasteiger partial charge in [0.15, 0.2) is 6.61 Å². The highest BCUT2D eigenvalue weighted by Crippen LogP contribution is 2.25. The number of nitrogens with one attached hydrogen (secondary N) is 2. The quantitative estimate of drug-likeness (QED) is 0.389. The normalized spacial score (nSPS) is 10.7. The lowest BCUT2D eigenvalue weighted by atomic mass is 10.1. The van der Waals surface area contributed by atoms with E-state index in [1.165, 1.54) is 30.5 Å². The molecule has 0 bridgehead atoms. The number of carbonyl (C=O) groups excluding carboxylic acids is 2. The molecule has 3 aromatic carbocycles. The first-order chi connectivity index (χ1) is 15.4. The van der Waals surface area contributed by atoms with Gasteiger partial charge in [-0.1, -0.05) is 41.4 Å². The van der Waals surface area contributed by atoms with E-state index < -0.39 is 0 Å². The summed E-state index contributed by atoms with van der Waals surface area (Å²) in [6.07, 6.45) is 1.51. The first-order valence-electron chi connectivity index (χ1n) is 9.74. The molecule has 0 aromatic heterocycles. The zero-order valence-electron chi connectivity index (χ0n) is 17.3. The molecule has 0 heterocycles. The average molecular weight is 454 g/mol. The van der Waals surface area contributed by atoms with Gasteiger partial charge in [-0.05, 0) is 60.5 Å². The maximum atomic E-state index is 12.9. The van der Waals surface area contributed by atoms with Crippen LogP contribution < -0.4 is 15.5 Å². The number of benzene rings is 3. The van der Waals surface area contributed by atoms with Crippen LogP contribution in [-0.2, 0) is 16.0 Å². The Morgan fingerprint density at radius 2 is 1.75 bits per heavy atom. The van der Waals surface area contributed by atoms with E-state index in [0.717, 1.165) is 5.56 Å². The van der Waals surface area contributed by atoms with E-state index in [2.05, 4.69) is 15.8 Å². The number of amides is 2. The molecule has 8 heteroatoms. The molecule has 3 rings (SSSR count). The third kappa shape index (κ3) is 7.21. The SMILES string of the molecule is Cc1ccc(NC(=O)COc2ccc(/C=N/NC(=O)Cc3ccc(F)cc3)cc2Cl)cc1. The zero-order valence-corrected chi connectivity index (χ0v) is 18.0. The van der Waals surface area contributed by atoms with Gasteiger partial charge in [-0.2, -0.15) is 5.10 Å². The highest BCUT2D eigenvalue weighted by molar-refractivity contribution is 6.32. The third-order valence-electron chi connectivity index (χ3n) is 4.33. The number of hydrazone groups is 1. The average Bonchev–Trinajstić information content (AvgIpc) is 2.76. The molecule has 0 aliphatic carbocycles. The lowest BCUT2D eigenvalue weighted by Crippen LogP contribution is -2.20. The van der Waals surface area contributed by atoms with Crippen molar-refractivity contribution in [1.82, 2.24) is 5.43 Å². The van der Waals surface area contributed by atoms with E-state index in [1.54, 1.807) is 18.2 Å². The van der Waals surface area contributed by atoms with Gasteiger partial charge in [-0.15, -0.1) is 0 Å². The molecule has 0 fully saturated rings. The second-order valence-corrected chi connectivity index (χ2v) is 7.40. The monoisotopic (exact) mass is 453 g/mol. The number of aryl methyl sites for hydroxylation is 1. The fraction of sp³-hybridized carbons (Fsp3) is 0.125. The van der Waals surface area contributed by atoms with Gasteiger partial charge in [-0.25, -0.2) is 9.82 Å². The molecule has 32 heavy (non-hydrogen) atoms. The van der Waals surface area contributed by atoms with Crippen molar-refractivity contribution in [1.29, 1.82) is 0 Å². The number of nitrogens with zero attached hydrogens (tertiary/aromatic N) is 1. The Morgan fingerprint density at radius 3 is 2.44 bits per heavy atom. The predicted octanol–water partition coefficient (Wildman–Crippen LogP) is 4.50. The van der Waals surface area contributed by atoms with E-state index in [0.29, 0.717) is 27.6 Å². The zero-order chi connectivity index (χ0) is 22.9. The van der Waals surface area contributed by atoms with Crippen LogP contribution in [0.2, 0.25) is 5.02 Å². The van der Waals surface area contributed by atoms with Crippen molar-refractivity contribution in [2.24, 2.45) is 5.10 Å². The molecular weight excluding hydrogens is 433 g/mol. The van der Waals surface area contributed by atoms with Gasteiger partial charge >= 0.3 is 0 Å². The number of carbonyl (C=O) groups is 2. The summed E-state index contributed by atoms with van der Waals surface area (Å²) in [7, 11) is 0. The highest BCUT2D eigenvalue weighted by Gasteiger charge is 2.07. The Kier molecular flexibility index (Phi) is 7.94. The van der Waals surface area contributed by atoms with Crippen LogP contribution in [0.3, 0.4) is 0 Å². The number of hydrogen-bond acceptors (Lipinski definition) is 4. The third-order valence-corrected chi connectivity index (χ3v) is 4.63. The van der Waals surface area contributed by atoms with Gasteiger partial charge < -0.3 is 10.1 Å². The minimum Gasteiger partial charge on any atom is -0.482 e. The highest BCUT2D eigenvalue weighted by atomic mass is 35.5. The Hall–Kier alpha value is -3.71. The fourth-order valence-electron chi connectivity index (χ4n) is 2.70. The summed E-state index contributed by atoms with van der Waals surface area (Å²) < 4.78 is 18.4. The molecule has 3 aromatic rings. The topological polar surface area (TPSA) is 79.8 Å². The van der Waals surface area contributed by atoms with Gasteiger partial charge in [0.25, 0.3) is 5.91 Å². The van der Waals surface area contributed by atoms with Crippen molar-refractivity contribution in [3.05, 3.63) is 94.3 Å². The standard InChI is InChI=1S/C24H21ClFN3O3/c1-16-2-9-20(10-3-16)28-24(31)15-32-22-11-6-18(12-21(22)25)14-27-29-23(30)13-17-4-7-19(26)8-5-17/h2-12,14H,13,15H2,1H3,(H,28,31)(H,29,30)/b27-14+. The van der Waals surface area contributed by atoms with Gasteiger partial charge in [-0.3, -0.25) is 9.59 Å². The van der Waals surface area contributed by atoms with Crippen LogP contribution >= 0.6 is 11.6 Å². The molecule has 0 atom stereocenters. The van der Waals surface area contributed by atoms with Crippen molar-refractivity contribution < 1.29 is 18.7 Å². The first-order valence-corrected chi connectivity index (χ1v) is 10.1. The maximum absolute atomic E-state index is 12.9. The Balaban J connectivity index is 1.47. The molecule has 2 amide bonds. The Labute approximate surface area is 190 Å². The van der Waals surface area contributed by atoms with E-state index in [1.807, 2.05) is 31.2 Å². The largest absolute Gasteiger partial charge is 0.482 e. The Morgan fingerprint density at radius 1 is 1.03 bits per heavy atom. The van der Waals surface area contributed by atoms with Crippen molar-refractivity contribution in [3.8, 4) is 5.75 Å². The minimum absolute atomic E-state index is 0.0792. The molecular formula is C24H21ClFN3O3. The minimum atomic E-state index is -0.358. The molecule has 0 aliphatic heterocycles. The lowest BCUT2D eigenvalue weighted by molar-refractivity contribution is -0.120. The molecule has 2 N–H and O–H groups in total. The summed E-state index contributed by atoms with van der Waals surface area (Å²) in [5.41, 5.74) is 5.50. The number of anilines is 1. The van der Waals surface area contributed by atoms with E-state index >= 15 is 0 Å². The van der Waals surface area contributed by atoms with Crippen LogP contribution in [0.4, 0.5) is 10.1 Å². The van der Waals surface area contributed by atoms with Crippen LogP contribution in [0, 0.1) is 12.7 Å². The fourth-order valence-corrected chi connectivity index (χ4v) is 2.94. The summed E-state index contributed by atoms with van der Waals surface area (Å²) in [6, 6.07) is 18.0. The van der Waals surface area contributed by atoms with Crippen LogP contribution in [0.1, 0.15) is 16.7 Å². The molecule has 164 valence electrons. The maximum Gasteiger partial charge on any atom is 0.262 e. The first kappa shape index (κ1) is 23.0. The molecule has 6 nitrogen and oxygen atoms in total. The van der Waals surface area contributed by atoms with Crippen molar-refractivity contribution in [2.75, 3.05) is 11.9 Å². The molecule has 0 saturated heterocycles. The van der Waals surface area contributed by atoms with Gasteiger partial charge in [0, 0.05) is 5.69 Å². The van der Waals surface area contributed by atoms with Crippen molar-refractivity contribution in [3.63, 3.8) is 0 Å². The number of halogens is 2. The summed E-state index contributed by atoms with van der Waals surface area (Å²) in [5, 5.41) is 6.93. The molecule has 0 spiro atoms. The Bertz CT molecular complexity index is 1120. The summed E-state index contributed by atoms with van der Waals surface area (Å²) in [4.78, 5) is 23.9. The second-order valence-electron chi connectivity index (χ2n) is 6.99. The van der Waals surface area contributed by atoms with Crippen LogP contribution in [-0.4, -0.2) is 24.6 Å². The lowest BCUT2D eigenvalue weighted by Gasteiger charge is -2.09. The van der Waals surface area contributed by atoms with Crippen LogP contribution in [0.25, 0.3) is 0 Å². The molecule has 0 saturated carbocycles. The van der Waals surface area contributed by atoms with E-state index in [4.69, 9.17) is 16.3 Å². The summed E-state index contributed by atoms with van der Waals surface area (Å²) >= 11 is 6.22. The summed E-state index contributed by atoms with van der Waals surface area (Å²) in [5.74, 6) is -0.649. The smallest absolute Gasteiger partial charge is 0.262 e. The molecule has 0 radical (unpaired) electrons. The predicted molar refractivity (Wildman–Crippen MR) is 123 cm³/mol. The molecule has 0 aliphatic rings. The van der Waals surface area contributed by atoms with Gasteiger partial charge in [0.1, 0.15) is 11.6 Å². The van der Waals surface area contributed by atoms with Crippen molar-refractivity contribution in [2.45, 2.75) is 13.3 Å². The number of rotatable bonds is 8. The van der Waals surface area contributed by atoms with E-state index in [9.17, 15) is 14.0 Å². The number of hydrogen-bond donors (Lipinski definition) is 2. The summed E-state index contributed by atoms with van der Waals surface area (Å²) in [6.45, 7) is 1.77. The van der Waals surface area contributed by atoms with Crippen LogP contribution in [0.5, 0.6) is 5.75 Å². The van der Waals surface area contributed by atoms with Crippen LogP contribution in [0.15, 0.2) is 71.8 Å². The van der Waals surface area contributed by atoms with Gasteiger partial charge in [0.2, 0.25) is 5.91 Å². The molecule has 0 unspecified atom stereocenters. The van der Waals surface area contributed by atoms with E-state index in [-0.39, 0.29) is 30.7 Å². The van der Waals surface area contributed by atoms with Crippen molar-refractivity contribution >= 4 is 35.3 Å². The number of ether oxygens (including phenoxy) is 1. The second kappa shape index (κ2) is 11.1.